The molecule has 0 aliphatic rings. The number of nitrogens with zero attached hydrogens (tertiary/aromatic N) is 4. The maximum Gasteiger partial charge on any atom is 0.408 e. The van der Waals surface area contributed by atoms with Crippen molar-refractivity contribution < 1.29 is 76.4 Å². The Morgan fingerprint density at radius 1 is 0.410 bits per heavy atom. The predicted molar refractivity (Wildman–Crippen MR) is 472 cm³/mol. The number of hydrogen-bond donors (Lipinski definition) is 8. The average Bonchev–Trinajstić information content (AvgIpc) is 0.831. The van der Waals surface area contributed by atoms with Gasteiger partial charge in [-0.25, -0.2) is 29.2 Å². The Kier molecular flexibility index (Phi) is 40.5. The summed E-state index contributed by atoms with van der Waals surface area (Å²) in [4.78, 5) is 157. The first-order chi connectivity index (χ1) is 56.5. The van der Waals surface area contributed by atoms with Gasteiger partial charge in [-0.1, -0.05) is 232 Å². The fourth-order valence-corrected chi connectivity index (χ4v) is 13.1. The summed E-state index contributed by atoms with van der Waals surface area (Å²) < 4.78 is 27.9. The van der Waals surface area contributed by atoms with Crippen LogP contribution < -0.4 is 43.2 Å². The number of Topliss-reactive ketones (excluding diaryl/α,β-unsaturated/α-hetero) is 2. The smallest absolute Gasteiger partial charge is 0.408 e. The minimum absolute atomic E-state index is 0. The number of methoxy groups -OCH3 is 2. The van der Waals surface area contributed by atoms with E-state index >= 15 is 0 Å². The quantitative estimate of drug-likeness (QED) is 0.0102. The number of nitrogens with two attached hydrogens (primary N) is 1. The van der Waals surface area contributed by atoms with Crippen molar-refractivity contribution in [2.45, 2.75) is 238 Å². The molecule has 7 amide bonds. The lowest BCUT2D eigenvalue weighted by atomic mass is 9.77. The number of ketones is 2. The van der Waals surface area contributed by atoms with Gasteiger partial charge in [-0.15, -0.1) is 12.4 Å². The van der Waals surface area contributed by atoms with E-state index < -0.39 is 141 Å². The SMILES string of the molecule is COC(=O)N[C@@H](C(=O)NN(Cc1ccc(-c2ccccn2)cc1)C[C@H](OC(=O)C(N)C(C)C)C(Cc1ccccc1)NC(=O)[C@H](CC(C)=O)C(C)(C)C)C(C)(C)C.COC(=O)N[C@@H](C(=O)NN(Cc1ccc(-c2ccccn2)cc1)C[C@H](OC(=O)C(NC(=O)OC(C)(C)C)C(C)C)C(Cc1ccccc1)NC(=O)[C@H](CC(C)=O)C(C)(C)C)C(C)(C)C.Cl. The number of alkyl carbamates (subject to hydrolysis) is 3. The van der Waals surface area contributed by atoms with Crippen LogP contribution in [-0.4, -0.2) is 167 Å². The summed E-state index contributed by atoms with van der Waals surface area (Å²) in [6.07, 6.45) is -0.839. The van der Waals surface area contributed by atoms with Gasteiger partial charge in [0.2, 0.25) is 11.8 Å². The Morgan fingerprint density at radius 2 is 0.762 bits per heavy atom. The van der Waals surface area contributed by atoms with Gasteiger partial charge in [0.05, 0.1) is 50.8 Å². The Labute approximate surface area is 727 Å². The van der Waals surface area contributed by atoms with Crippen molar-refractivity contribution in [2.24, 2.45) is 51.1 Å². The highest BCUT2D eigenvalue weighted by atomic mass is 35.5. The molecule has 2 heterocycles. The van der Waals surface area contributed by atoms with Crippen LogP contribution in [0.15, 0.2) is 158 Å². The van der Waals surface area contributed by atoms with Crippen molar-refractivity contribution in [2.75, 3.05) is 27.3 Å². The number of pyridine rings is 2. The minimum Gasteiger partial charge on any atom is -0.458 e. The Bertz CT molecular complexity index is 4340. The normalized spacial score (nSPS) is 14.3. The molecule has 0 radical (unpaired) electrons. The molecule has 4 unspecified atom stereocenters. The summed E-state index contributed by atoms with van der Waals surface area (Å²) in [5.41, 5.74) is 15.2. The molecule has 0 saturated carbocycles. The molecule has 2 aromatic heterocycles. The monoisotopic (exact) mass is 1710 g/mol. The van der Waals surface area contributed by atoms with Gasteiger partial charge < -0.3 is 65.6 Å². The Balaban J connectivity index is 0.000000511. The van der Waals surface area contributed by atoms with Crippen molar-refractivity contribution in [3.63, 3.8) is 0 Å². The summed E-state index contributed by atoms with van der Waals surface area (Å²) >= 11 is 0. The van der Waals surface area contributed by atoms with E-state index in [9.17, 15) is 52.7 Å². The summed E-state index contributed by atoms with van der Waals surface area (Å²) in [6, 6.07) is 39.2. The van der Waals surface area contributed by atoms with Crippen molar-refractivity contribution in [1.82, 2.24) is 57.4 Å². The Morgan fingerprint density at radius 3 is 1.06 bits per heavy atom. The highest BCUT2D eigenvalue weighted by molar-refractivity contribution is 5.89. The molecular weight excluding hydrogens is 1580 g/mol. The fourth-order valence-electron chi connectivity index (χ4n) is 13.1. The van der Waals surface area contributed by atoms with Crippen molar-refractivity contribution in [3.05, 3.63) is 180 Å². The van der Waals surface area contributed by atoms with Crippen molar-refractivity contribution in [1.29, 1.82) is 0 Å². The van der Waals surface area contributed by atoms with E-state index in [1.807, 2.05) is 222 Å². The molecule has 0 aliphatic carbocycles. The molecule has 122 heavy (non-hydrogen) atoms. The molecule has 668 valence electrons. The van der Waals surface area contributed by atoms with Crippen molar-refractivity contribution in [3.8, 4) is 22.5 Å². The van der Waals surface area contributed by atoms with Gasteiger partial charge in [0.15, 0.2) is 0 Å². The summed E-state index contributed by atoms with van der Waals surface area (Å²) in [7, 11) is 2.42. The van der Waals surface area contributed by atoms with Gasteiger partial charge in [0.25, 0.3) is 11.8 Å². The van der Waals surface area contributed by atoms with E-state index in [4.69, 9.17) is 29.4 Å². The maximum absolute atomic E-state index is 14.5. The number of ether oxygens (including phenoxy) is 5. The lowest BCUT2D eigenvalue weighted by molar-refractivity contribution is -0.158. The van der Waals surface area contributed by atoms with E-state index in [0.29, 0.717) is 0 Å². The number of rotatable bonds is 37. The lowest BCUT2D eigenvalue weighted by Gasteiger charge is -2.37. The van der Waals surface area contributed by atoms with E-state index in [-0.39, 0.29) is 87.7 Å². The molecule has 0 bridgehead atoms. The lowest BCUT2D eigenvalue weighted by Crippen LogP contribution is -2.60. The number of hydrazine groups is 2. The van der Waals surface area contributed by atoms with E-state index in [2.05, 4.69) is 47.4 Å². The number of halogens is 1. The highest BCUT2D eigenvalue weighted by Crippen LogP contribution is 2.33. The average molecular weight is 1710 g/mol. The second-order valence-corrected chi connectivity index (χ2v) is 36.8. The molecule has 0 fully saturated rings. The van der Waals surface area contributed by atoms with Crippen LogP contribution in [0.4, 0.5) is 14.4 Å². The number of nitrogens with one attached hydrogen (secondary N) is 7. The molecule has 4 aromatic carbocycles. The maximum atomic E-state index is 14.5. The molecule has 6 rings (SSSR count). The predicted octanol–water partition coefficient (Wildman–Crippen LogP) is 13.2. The molecule has 9 N–H and O–H groups in total. The zero-order valence-corrected chi connectivity index (χ0v) is 76.2. The number of benzene rings is 4. The zero-order valence-electron chi connectivity index (χ0n) is 75.4. The first-order valence-electron chi connectivity index (χ1n) is 41.1. The number of amides is 7. The second kappa shape index (κ2) is 47.7. The summed E-state index contributed by atoms with van der Waals surface area (Å²) in [6.45, 7) is 37.2. The van der Waals surface area contributed by atoms with Crippen molar-refractivity contribution >= 4 is 77.8 Å². The third-order valence-electron chi connectivity index (χ3n) is 20.0. The number of carbonyl (C=O) groups excluding carboxylic acids is 11. The number of aromatic nitrogens is 2. The van der Waals surface area contributed by atoms with Gasteiger partial charge >= 0.3 is 30.2 Å². The second-order valence-electron chi connectivity index (χ2n) is 36.8. The summed E-state index contributed by atoms with van der Waals surface area (Å²) in [5.74, 6) is -5.86. The standard InChI is InChI=1S/C49H70N6O9.C44H62N6O7.ClH/c1-31(2)40(52-46(61)64-49(10,11)12)44(59)63-39(38(28-33-19-15-14-16-20-33)51-42(57)36(27-32(3)56)47(4,5)6)30-55(54-43(58)41(48(7,8)9)53-45(60)62-13)29-34-22-24-35(25-23-34)37-21-17-18-26-50-37;1-28(2)37(45)41(54)57-36(35(25-30-16-12-11-13-17-30)47-39(52)33(24-29(3)51)43(4,5)6)27-50(49-40(53)38(44(7,8)9)48-42(55)56-10)26-31-19-21-32(22-20-31)34-18-14-15-23-46-34;/h14-26,31,36,38-41H,27-30H2,1-13H3,(H,51,57)(H,52,61)(H,53,60)(H,54,58);11-23,28,33,35-38H,24-27,45H2,1-10H3,(H,47,52)(H,48,55)(H,49,53);1H/t36-,38?,39-,40?,41-;33-,35?,36-,37?,38-;/m00./s1. The first-order valence-corrected chi connectivity index (χ1v) is 41.1. The van der Waals surface area contributed by atoms with Gasteiger partial charge in [-0.05, 0) is 127 Å². The number of hydrogen-bond acceptors (Lipinski definition) is 21. The molecule has 28 nitrogen and oxygen atoms in total. The van der Waals surface area contributed by atoms with Gasteiger partial charge in [-0.3, -0.25) is 44.8 Å². The molecule has 6 aromatic rings. The van der Waals surface area contributed by atoms with Crippen LogP contribution in [0.25, 0.3) is 22.5 Å². The largest absolute Gasteiger partial charge is 0.458 e. The van der Waals surface area contributed by atoms with Crippen LogP contribution in [0, 0.1) is 45.3 Å². The zero-order chi connectivity index (χ0) is 90.5. The van der Waals surface area contributed by atoms with E-state index in [1.165, 1.54) is 28.1 Å². The van der Waals surface area contributed by atoms with Gasteiger partial charge in [0.1, 0.15) is 53.5 Å². The van der Waals surface area contributed by atoms with Gasteiger partial charge in [-0.2, -0.15) is 0 Å². The van der Waals surface area contributed by atoms with Crippen LogP contribution in [0.5, 0.6) is 0 Å². The topological polar surface area (TPSA) is 376 Å². The molecule has 0 saturated heterocycles. The van der Waals surface area contributed by atoms with Crippen LogP contribution in [0.3, 0.4) is 0 Å². The van der Waals surface area contributed by atoms with Crippen LogP contribution >= 0.6 is 12.4 Å². The van der Waals surface area contributed by atoms with Gasteiger partial charge in [0, 0.05) is 61.3 Å². The summed E-state index contributed by atoms with van der Waals surface area (Å²) in [5, 5.41) is 17.4. The van der Waals surface area contributed by atoms with Crippen LogP contribution in [-0.2, 0) is 88.0 Å². The Hall–Kier alpha value is -10.7. The third kappa shape index (κ3) is 35.4. The molecule has 10 atom stereocenters. The number of carbonyl (C=O) groups is 11. The molecular formula is C93H133ClN12O16. The van der Waals surface area contributed by atoms with Crippen LogP contribution in [0.2, 0.25) is 0 Å². The third-order valence-corrected chi connectivity index (χ3v) is 20.0. The molecule has 0 spiro atoms. The highest BCUT2D eigenvalue weighted by Gasteiger charge is 2.43. The molecule has 29 heteroatoms. The van der Waals surface area contributed by atoms with Crippen LogP contribution in [0.1, 0.15) is 180 Å². The van der Waals surface area contributed by atoms with E-state index in [1.54, 1.807) is 77.8 Å². The molecule has 0 aliphatic heterocycles. The minimum atomic E-state index is -1.20. The fraction of sp³-hybridized carbons (Fsp3) is 0.516. The van der Waals surface area contributed by atoms with E-state index in [0.717, 1.165) is 44.8 Å². The first kappa shape index (κ1) is 104. The number of esters is 2.